The molecule has 1 fully saturated rings. The van der Waals surface area contributed by atoms with Crippen molar-refractivity contribution in [2.45, 2.75) is 50.2 Å². The summed E-state index contributed by atoms with van der Waals surface area (Å²) in [7, 11) is -3.20. The molecule has 6 heteroatoms. The predicted molar refractivity (Wildman–Crippen MR) is 72.0 cm³/mol. The van der Waals surface area contributed by atoms with Crippen molar-refractivity contribution in [2.75, 3.05) is 18.8 Å². The summed E-state index contributed by atoms with van der Waals surface area (Å²) in [5, 5.41) is 1.93. The molecule has 0 aliphatic carbocycles. The van der Waals surface area contributed by atoms with Crippen LogP contribution in [-0.2, 0) is 14.6 Å². The summed E-state index contributed by atoms with van der Waals surface area (Å²) in [5.74, 6) is -0.157. The van der Waals surface area contributed by atoms with Crippen LogP contribution in [-0.4, -0.2) is 38.4 Å². The highest BCUT2D eigenvalue weighted by Crippen LogP contribution is 2.19. The first-order valence-electron chi connectivity index (χ1n) is 6.77. The Morgan fingerprint density at radius 3 is 2.56 bits per heavy atom. The van der Waals surface area contributed by atoms with Crippen LogP contribution in [0.15, 0.2) is 0 Å². The molecule has 1 heterocycles. The SMILES string of the molecule is NCCCCCCNC(=O)C1CCCCS1(=O)=O. The molecule has 18 heavy (non-hydrogen) atoms. The minimum absolute atomic E-state index is 0.154. The second kappa shape index (κ2) is 7.74. The lowest BCUT2D eigenvalue weighted by Gasteiger charge is -2.21. The predicted octanol–water partition coefficient (Wildman–Crippen LogP) is 0.589. The lowest BCUT2D eigenvalue weighted by molar-refractivity contribution is -0.120. The summed E-state index contributed by atoms with van der Waals surface area (Å²) >= 11 is 0. The van der Waals surface area contributed by atoms with Gasteiger partial charge in [0.2, 0.25) is 5.91 Å². The monoisotopic (exact) mass is 276 g/mol. The van der Waals surface area contributed by atoms with Crippen molar-refractivity contribution >= 4 is 15.7 Å². The van der Waals surface area contributed by atoms with Crippen LogP contribution in [0.3, 0.4) is 0 Å². The van der Waals surface area contributed by atoms with Gasteiger partial charge in [0.1, 0.15) is 5.25 Å². The van der Waals surface area contributed by atoms with Gasteiger partial charge in [0.15, 0.2) is 9.84 Å². The van der Waals surface area contributed by atoms with E-state index in [4.69, 9.17) is 5.73 Å². The van der Waals surface area contributed by atoms with E-state index in [1.165, 1.54) is 0 Å². The molecule has 106 valence electrons. The smallest absolute Gasteiger partial charge is 0.238 e. The Kier molecular flexibility index (Phi) is 6.63. The molecule has 0 aromatic carbocycles. The number of carbonyl (C=O) groups excluding carboxylic acids is 1. The lowest BCUT2D eigenvalue weighted by Crippen LogP contribution is -2.43. The van der Waals surface area contributed by atoms with Gasteiger partial charge < -0.3 is 11.1 Å². The number of nitrogens with one attached hydrogen (secondary N) is 1. The molecule has 5 nitrogen and oxygen atoms in total. The summed E-state index contributed by atoms with van der Waals surface area (Å²) in [6.07, 6.45) is 5.97. The minimum Gasteiger partial charge on any atom is -0.355 e. The summed E-state index contributed by atoms with van der Waals surface area (Å²) in [4.78, 5) is 11.8. The first kappa shape index (κ1) is 15.4. The van der Waals surface area contributed by atoms with E-state index in [0.717, 1.165) is 32.1 Å². The van der Waals surface area contributed by atoms with Crippen LogP contribution in [0.2, 0.25) is 0 Å². The largest absolute Gasteiger partial charge is 0.355 e. The highest BCUT2D eigenvalue weighted by atomic mass is 32.2. The van der Waals surface area contributed by atoms with Crippen molar-refractivity contribution < 1.29 is 13.2 Å². The number of amides is 1. The molecule has 3 N–H and O–H groups in total. The van der Waals surface area contributed by atoms with Gasteiger partial charge in [-0.2, -0.15) is 0 Å². The summed E-state index contributed by atoms with van der Waals surface area (Å²) in [6.45, 7) is 1.27. The fourth-order valence-corrected chi connectivity index (χ4v) is 4.02. The summed E-state index contributed by atoms with van der Waals surface area (Å²) in [6, 6.07) is 0. The highest BCUT2D eigenvalue weighted by molar-refractivity contribution is 7.92. The standard InChI is InChI=1S/C12H24N2O3S/c13-8-4-1-2-5-9-14-12(15)11-7-3-6-10-18(11,16)17/h11H,1-10,13H2,(H,14,15). The number of hydrogen-bond donors (Lipinski definition) is 2. The van der Waals surface area contributed by atoms with Crippen LogP contribution in [0, 0.1) is 0 Å². The van der Waals surface area contributed by atoms with Crippen molar-refractivity contribution in [2.24, 2.45) is 5.73 Å². The third-order valence-corrected chi connectivity index (χ3v) is 5.48. The van der Waals surface area contributed by atoms with E-state index in [-0.39, 0.29) is 11.7 Å². The molecule has 0 saturated carbocycles. The molecule has 1 aliphatic heterocycles. The summed E-state index contributed by atoms with van der Waals surface area (Å²) < 4.78 is 23.4. The fraction of sp³-hybridized carbons (Fsp3) is 0.917. The Hall–Kier alpha value is -0.620. The average molecular weight is 276 g/mol. The van der Waals surface area contributed by atoms with Gasteiger partial charge in [-0.3, -0.25) is 4.79 Å². The molecule has 0 bridgehead atoms. The summed E-state index contributed by atoms with van der Waals surface area (Å²) in [5.41, 5.74) is 5.38. The van der Waals surface area contributed by atoms with Crippen molar-refractivity contribution in [3.63, 3.8) is 0 Å². The van der Waals surface area contributed by atoms with Crippen LogP contribution in [0.5, 0.6) is 0 Å². The Balaban J connectivity index is 2.24. The van der Waals surface area contributed by atoms with Gasteiger partial charge in [-0.1, -0.05) is 19.3 Å². The Labute approximate surface area is 109 Å². The molecule has 1 rings (SSSR count). The topological polar surface area (TPSA) is 89.3 Å². The van der Waals surface area contributed by atoms with Crippen LogP contribution in [0.1, 0.15) is 44.9 Å². The molecule has 1 amide bonds. The number of carbonyl (C=O) groups is 1. The van der Waals surface area contributed by atoms with Crippen LogP contribution in [0.4, 0.5) is 0 Å². The normalized spacial score (nSPS) is 22.6. The number of rotatable bonds is 7. The molecular weight excluding hydrogens is 252 g/mol. The molecule has 1 aliphatic rings. The molecule has 1 atom stereocenters. The van der Waals surface area contributed by atoms with Gasteiger partial charge in [-0.25, -0.2) is 8.42 Å². The molecule has 0 spiro atoms. The molecule has 0 aromatic rings. The van der Waals surface area contributed by atoms with Crippen molar-refractivity contribution in [3.8, 4) is 0 Å². The zero-order valence-corrected chi connectivity index (χ0v) is 11.7. The van der Waals surface area contributed by atoms with E-state index in [1.807, 2.05) is 0 Å². The van der Waals surface area contributed by atoms with Crippen LogP contribution >= 0.6 is 0 Å². The van der Waals surface area contributed by atoms with E-state index >= 15 is 0 Å². The van der Waals surface area contributed by atoms with E-state index in [1.54, 1.807) is 0 Å². The number of nitrogens with two attached hydrogens (primary N) is 1. The molecule has 1 saturated heterocycles. The first-order valence-corrected chi connectivity index (χ1v) is 8.49. The van der Waals surface area contributed by atoms with Crippen molar-refractivity contribution in [1.29, 1.82) is 0 Å². The van der Waals surface area contributed by atoms with Crippen LogP contribution in [0.25, 0.3) is 0 Å². The van der Waals surface area contributed by atoms with Gasteiger partial charge >= 0.3 is 0 Å². The zero-order valence-electron chi connectivity index (χ0n) is 10.9. The number of sulfone groups is 1. The second-order valence-electron chi connectivity index (χ2n) is 4.85. The van der Waals surface area contributed by atoms with Gasteiger partial charge in [0, 0.05) is 6.54 Å². The minimum atomic E-state index is -3.20. The fourth-order valence-electron chi connectivity index (χ4n) is 2.20. The average Bonchev–Trinajstić information content (AvgIpc) is 2.32. The van der Waals surface area contributed by atoms with E-state index in [2.05, 4.69) is 5.32 Å². The third kappa shape index (κ3) is 4.94. The Morgan fingerprint density at radius 2 is 1.89 bits per heavy atom. The highest BCUT2D eigenvalue weighted by Gasteiger charge is 2.34. The van der Waals surface area contributed by atoms with E-state index in [0.29, 0.717) is 25.9 Å². The maximum Gasteiger partial charge on any atom is 0.238 e. The van der Waals surface area contributed by atoms with Gasteiger partial charge in [0.05, 0.1) is 5.75 Å². The molecule has 0 radical (unpaired) electrons. The second-order valence-corrected chi connectivity index (χ2v) is 7.15. The van der Waals surface area contributed by atoms with Gasteiger partial charge in [-0.15, -0.1) is 0 Å². The van der Waals surface area contributed by atoms with Crippen LogP contribution < -0.4 is 11.1 Å². The Morgan fingerprint density at radius 1 is 1.17 bits per heavy atom. The third-order valence-electron chi connectivity index (χ3n) is 3.30. The van der Waals surface area contributed by atoms with Gasteiger partial charge in [-0.05, 0) is 32.2 Å². The molecule has 0 aromatic heterocycles. The first-order chi connectivity index (χ1) is 8.58. The maximum atomic E-state index is 11.8. The lowest BCUT2D eigenvalue weighted by atomic mass is 10.1. The quantitative estimate of drug-likeness (QED) is 0.666. The number of unbranched alkanes of at least 4 members (excludes halogenated alkanes) is 3. The maximum absolute atomic E-state index is 11.8. The molecular formula is C12H24N2O3S. The molecule has 1 unspecified atom stereocenters. The number of hydrogen-bond acceptors (Lipinski definition) is 4. The van der Waals surface area contributed by atoms with E-state index in [9.17, 15) is 13.2 Å². The Bertz CT molecular complexity index is 354. The van der Waals surface area contributed by atoms with E-state index < -0.39 is 15.1 Å². The zero-order chi connectivity index (χ0) is 13.4. The van der Waals surface area contributed by atoms with Crippen molar-refractivity contribution in [1.82, 2.24) is 5.32 Å². The van der Waals surface area contributed by atoms with Crippen molar-refractivity contribution in [3.05, 3.63) is 0 Å². The van der Waals surface area contributed by atoms with Gasteiger partial charge in [0.25, 0.3) is 0 Å².